The minimum absolute atomic E-state index is 0.0190. The molecule has 1 fully saturated rings. The number of rotatable bonds is 5. The third kappa shape index (κ3) is 5.87. The maximum Gasteiger partial charge on any atom is 0.0870 e. The fraction of sp³-hybridized carbons (Fsp3) is 0.193. The van der Waals surface area contributed by atoms with Gasteiger partial charge in [0.1, 0.15) is 0 Å². The molecule has 6 aliphatic rings. The smallest absolute Gasteiger partial charge is 0.0870 e. The average Bonchev–Trinajstić information content (AvgIpc) is 3.85. The van der Waals surface area contributed by atoms with Crippen molar-refractivity contribution in [3.8, 4) is 5.69 Å². The standard InChI is InChI=1S/C57H49N5/c1-2-14-38(15-3-1)55-58-56(41-26-25-36-13-4-5-16-39(36)31-41)60-57(59-55)48-21-12-17-37-27-29-44(35-49(37)48)62-53-24-11-8-20-47(53)50-33-42-32-43(30-28-40(42)34-54(50)62)61-51-22-9-6-18-45(51)46-19-7-10-23-52(46)61/h1-2,5-6,8-12,14,16-18,20-32,34-35,50,55-60H,3-4,7,13,15,19,33H2. The van der Waals surface area contributed by atoms with E-state index in [1.54, 1.807) is 0 Å². The molecule has 2 aliphatic heterocycles. The lowest BCUT2D eigenvalue weighted by Crippen LogP contribution is -2.59. The zero-order chi connectivity index (χ0) is 40.7. The Morgan fingerprint density at radius 2 is 1.40 bits per heavy atom. The Hall–Kier alpha value is -6.50. The van der Waals surface area contributed by atoms with Gasteiger partial charge in [-0.15, -0.1) is 0 Å². The van der Waals surface area contributed by atoms with Gasteiger partial charge in [0.05, 0.1) is 24.0 Å². The molecule has 4 aliphatic carbocycles. The van der Waals surface area contributed by atoms with Crippen molar-refractivity contribution in [2.75, 3.05) is 4.90 Å². The summed E-state index contributed by atoms with van der Waals surface area (Å²) in [6, 6.07) is 46.1. The van der Waals surface area contributed by atoms with Gasteiger partial charge in [0.2, 0.25) is 0 Å². The average molecular weight is 804 g/mol. The molecule has 62 heavy (non-hydrogen) atoms. The molecular formula is C57H49N5. The molecule has 5 heteroatoms. The van der Waals surface area contributed by atoms with Crippen LogP contribution in [0.4, 0.5) is 11.4 Å². The lowest BCUT2D eigenvalue weighted by molar-refractivity contribution is 0.220. The lowest BCUT2D eigenvalue weighted by atomic mass is 9.84. The minimum Gasteiger partial charge on any atom is -0.313 e. The van der Waals surface area contributed by atoms with Gasteiger partial charge in [0, 0.05) is 39.8 Å². The molecule has 3 heterocycles. The SMILES string of the molecule is C1=CCCC(C2NC(c3ccc4c(c3)C=CCC4)NC(c3cccc4ccc(N5C6=Cc7ccc(-n8c9c(c%10ccccc%108)CCC=C9)cc7CC6c6ccccc65)cc34)N2)=C1. The van der Waals surface area contributed by atoms with Crippen LogP contribution in [-0.2, 0) is 19.3 Å². The number of hydrogen-bond acceptors (Lipinski definition) is 4. The zero-order valence-electron chi connectivity index (χ0n) is 34.8. The topological polar surface area (TPSA) is 44.3 Å². The number of allylic oxidation sites excluding steroid dienone is 6. The molecule has 6 aromatic carbocycles. The summed E-state index contributed by atoms with van der Waals surface area (Å²) in [5.74, 6) is 0.272. The zero-order valence-corrected chi connectivity index (χ0v) is 34.8. The fourth-order valence-electron chi connectivity index (χ4n) is 11.4. The van der Waals surface area contributed by atoms with Crippen LogP contribution in [0.15, 0.2) is 163 Å². The van der Waals surface area contributed by atoms with Gasteiger partial charge in [-0.2, -0.15) is 0 Å². The van der Waals surface area contributed by atoms with Gasteiger partial charge in [-0.25, -0.2) is 0 Å². The molecule has 3 N–H and O–H groups in total. The number of hydrogen-bond donors (Lipinski definition) is 3. The van der Waals surface area contributed by atoms with Crippen LogP contribution in [-0.4, -0.2) is 10.7 Å². The predicted molar refractivity (Wildman–Crippen MR) is 257 cm³/mol. The molecule has 1 saturated heterocycles. The lowest BCUT2D eigenvalue weighted by Gasteiger charge is -2.41. The van der Waals surface area contributed by atoms with Crippen molar-refractivity contribution in [1.29, 1.82) is 0 Å². The molecule has 0 spiro atoms. The maximum absolute atomic E-state index is 4.03. The van der Waals surface area contributed by atoms with Gasteiger partial charge in [0.15, 0.2) is 0 Å². The molecule has 4 atom stereocenters. The molecule has 0 saturated carbocycles. The van der Waals surface area contributed by atoms with Crippen molar-refractivity contribution < 1.29 is 0 Å². The van der Waals surface area contributed by atoms with Gasteiger partial charge < -0.3 is 9.47 Å². The van der Waals surface area contributed by atoms with Gasteiger partial charge in [-0.1, -0.05) is 115 Å². The van der Waals surface area contributed by atoms with Crippen molar-refractivity contribution in [2.24, 2.45) is 0 Å². The number of anilines is 2. The Balaban J connectivity index is 0.890. The summed E-state index contributed by atoms with van der Waals surface area (Å²) in [7, 11) is 0. The van der Waals surface area contributed by atoms with E-state index in [2.05, 4.69) is 195 Å². The van der Waals surface area contributed by atoms with Crippen LogP contribution < -0.4 is 20.9 Å². The minimum atomic E-state index is -0.0734. The van der Waals surface area contributed by atoms with E-state index in [0.717, 1.165) is 44.9 Å². The molecule has 0 amide bonds. The van der Waals surface area contributed by atoms with E-state index in [1.165, 1.54) is 100 Å². The Morgan fingerprint density at radius 1 is 0.565 bits per heavy atom. The van der Waals surface area contributed by atoms with Crippen LogP contribution in [0.1, 0.15) is 94.1 Å². The van der Waals surface area contributed by atoms with Gasteiger partial charge >= 0.3 is 0 Å². The summed E-state index contributed by atoms with van der Waals surface area (Å²) in [5.41, 5.74) is 20.0. The van der Waals surface area contributed by atoms with Crippen LogP contribution in [0, 0.1) is 0 Å². The van der Waals surface area contributed by atoms with E-state index < -0.39 is 0 Å². The Morgan fingerprint density at radius 3 is 2.37 bits per heavy atom. The van der Waals surface area contributed by atoms with Crippen LogP contribution in [0.5, 0.6) is 0 Å². The number of nitrogens with one attached hydrogen (secondary N) is 3. The number of nitrogens with zero attached hydrogens (tertiary/aromatic N) is 2. The first-order valence-electron chi connectivity index (χ1n) is 22.7. The number of fused-ring (bicyclic) bond motifs is 9. The number of aryl methyl sites for hydroxylation is 2. The summed E-state index contributed by atoms with van der Waals surface area (Å²) in [6.07, 6.45) is 26.0. The summed E-state index contributed by atoms with van der Waals surface area (Å²) >= 11 is 0. The second kappa shape index (κ2) is 14.6. The van der Waals surface area contributed by atoms with E-state index in [-0.39, 0.29) is 24.4 Å². The first-order valence-corrected chi connectivity index (χ1v) is 22.7. The second-order valence-corrected chi connectivity index (χ2v) is 17.9. The van der Waals surface area contributed by atoms with E-state index in [1.807, 2.05) is 0 Å². The van der Waals surface area contributed by atoms with Crippen LogP contribution >= 0.6 is 0 Å². The van der Waals surface area contributed by atoms with Crippen molar-refractivity contribution in [3.05, 3.63) is 213 Å². The van der Waals surface area contributed by atoms with Gasteiger partial charge in [-0.05, 0) is 160 Å². The van der Waals surface area contributed by atoms with Crippen LogP contribution in [0.2, 0.25) is 0 Å². The Labute approximate surface area is 363 Å². The molecular weight excluding hydrogens is 755 g/mol. The molecule has 13 rings (SSSR count). The molecule has 5 nitrogen and oxygen atoms in total. The number of para-hydroxylation sites is 2. The van der Waals surface area contributed by atoms with E-state index in [0.29, 0.717) is 0 Å². The first kappa shape index (κ1) is 36.2. The highest BCUT2D eigenvalue weighted by Gasteiger charge is 2.38. The Kier molecular flexibility index (Phi) is 8.50. The van der Waals surface area contributed by atoms with E-state index >= 15 is 0 Å². The van der Waals surface area contributed by atoms with Crippen LogP contribution in [0.25, 0.3) is 45.6 Å². The van der Waals surface area contributed by atoms with Crippen molar-refractivity contribution >= 4 is 51.3 Å². The molecule has 7 aromatic rings. The quantitative estimate of drug-likeness (QED) is 0.162. The summed E-state index contributed by atoms with van der Waals surface area (Å²) < 4.78 is 2.49. The highest BCUT2D eigenvalue weighted by atomic mass is 15.4. The molecule has 0 bridgehead atoms. The predicted octanol–water partition coefficient (Wildman–Crippen LogP) is 12.6. The highest BCUT2D eigenvalue weighted by molar-refractivity contribution is 5.94. The van der Waals surface area contributed by atoms with E-state index in [9.17, 15) is 0 Å². The highest BCUT2D eigenvalue weighted by Crippen LogP contribution is 2.52. The third-order valence-corrected chi connectivity index (χ3v) is 14.4. The molecule has 0 radical (unpaired) electrons. The fourth-order valence-corrected chi connectivity index (χ4v) is 11.4. The maximum atomic E-state index is 4.03. The number of benzene rings is 6. The van der Waals surface area contributed by atoms with Crippen molar-refractivity contribution in [2.45, 2.75) is 69.4 Å². The summed E-state index contributed by atoms with van der Waals surface area (Å²) in [4.78, 5) is 2.54. The van der Waals surface area contributed by atoms with Gasteiger partial charge in [0.25, 0.3) is 0 Å². The molecule has 4 unspecified atom stereocenters. The van der Waals surface area contributed by atoms with Crippen LogP contribution in [0.3, 0.4) is 0 Å². The monoisotopic (exact) mass is 803 g/mol. The van der Waals surface area contributed by atoms with Crippen molar-refractivity contribution in [1.82, 2.24) is 20.5 Å². The summed E-state index contributed by atoms with van der Waals surface area (Å²) in [6.45, 7) is 0. The van der Waals surface area contributed by atoms with E-state index in [4.69, 9.17) is 0 Å². The molecule has 302 valence electrons. The van der Waals surface area contributed by atoms with Gasteiger partial charge in [-0.3, -0.25) is 16.0 Å². The first-order chi connectivity index (χ1) is 30.7. The van der Waals surface area contributed by atoms with Crippen molar-refractivity contribution in [3.63, 3.8) is 0 Å². The third-order valence-electron chi connectivity index (χ3n) is 14.4. The normalized spacial score (nSPS) is 22.2. The largest absolute Gasteiger partial charge is 0.313 e. The number of aromatic nitrogens is 1. The summed E-state index contributed by atoms with van der Waals surface area (Å²) in [5, 5.41) is 15.9. The Bertz CT molecular complexity index is 3140. The molecule has 1 aromatic heterocycles. The second-order valence-electron chi connectivity index (χ2n) is 17.9.